The molecule has 5 nitrogen and oxygen atoms in total. The van der Waals surface area contributed by atoms with Crippen molar-refractivity contribution < 1.29 is 9.53 Å². The molecule has 1 unspecified atom stereocenters. The van der Waals surface area contributed by atoms with Crippen molar-refractivity contribution in [2.45, 2.75) is 25.8 Å². The second-order valence-electron chi connectivity index (χ2n) is 5.82. The van der Waals surface area contributed by atoms with Gasteiger partial charge in [0.1, 0.15) is 5.75 Å². The number of likely N-dealkylation sites (tertiary alicyclic amines) is 1. The lowest BCUT2D eigenvalue weighted by atomic mass is 10.1. The Morgan fingerprint density at radius 3 is 3.00 bits per heavy atom. The second kappa shape index (κ2) is 6.45. The van der Waals surface area contributed by atoms with E-state index in [4.69, 9.17) is 4.74 Å². The average Bonchev–Trinajstić information content (AvgIpc) is 2.99. The van der Waals surface area contributed by atoms with Gasteiger partial charge in [-0.1, -0.05) is 6.07 Å². The number of ether oxygens (including phenoxy) is 1. The standard InChI is InChI=1S/C16H23N3O2/c1-12(17-6-9-19-7-2-3-8-19)13-4-5-15-14(10-13)18-16(20)11-21-15/h4-5,10,12,17H,2-3,6-9,11H2,1H3,(H,18,20). The largest absolute Gasteiger partial charge is 0.482 e. The Labute approximate surface area is 125 Å². The van der Waals surface area contributed by atoms with E-state index >= 15 is 0 Å². The van der Waals surface area contributed by atoms with Crippen molar-refractivity contribution in [2.24, 2.45) is 0 Å². The van der Waals surface area contributed by atoms with Crippen molar-refractivity contribution in [3.63, 3.8) is 0 Å². The Hall–Kier alpha value is -1.59. The molecular formula is C16H23N3O2. The number of hydrogen-bond acceptors (Lipinski definition) is 4. The van der Waals surface area contributed by atoms with E-state index in [1.807, 2.05) is 12.1 Å². The van der Waals surface area contributed by atoms with E-state index in [1.165, 1.54) is 31.5 Å². The molecule has 1 aromatic rings. The quantitative estimate of drug-likeness (QED) is 0.867. The summed E-state index contributed by atoms with van der Waals surface area (Å²) in [6, 6.07) is 6.25. The van der Waals surface area contributed by atoms with Crippen LogP contribution in [0.3, 0.4) is 0 Å². The summed E-state index contributed by atoms with van der Waals surface area (Å²) in [7, 11) is 0. The van der Waals surface area contributed by atoms with Crippen LogP contribution in [0.15, 0.2) is 18.2 Å². The van der Waals surface area contributed by atoms with Gasteiger partial charge in [0.05, 0.1) is 5.69 Å². The van der Waals surface area contributed by atoms with Gasteiger partial charge in [-0.25, -0.2) is 0 Å². The SMILES string of the molecule is CC(NCCN1CCCC1)c1ccc2c(c1)NC(=O)CO2. The summed E-state index contributed by atoms with van der Waals surface area (Å²) >= 11 is 0. The van der Waals surface area contributed by atoms with E-state index in [-0.39, 0.29) is 18.6 Å². The summed E-state index contributed by atoms with van der Waals surface area (Å²) < 4.78 is 5.38. The topological polar surface area (TPSA) is 53.6 Å². The number of rotatable bonds is 5. The van der Waals surface area contributed by atoms with E-state index in [1.54, 1.807) is 0 Å². The molecular weight excluding hydrogens is 266 g/mol. The van der Waals surface area contributed by atoms with Crippen LogP contribution in [0.2, 0.25) is 0 Å². The zero-order valence-electron chi connectivity index (χ0n) is 12.5. The minimum Gasteiger partial charge on any atom is -0.482 e. The Morgan fingerprint density at radius 1 is 1.38 bits per heavy atom. The lowest BCUT2D eigenvalue weighted by Gasteiger charge is -2.22. The molecule has 0 aliphatic carbocycles. The molecule has 1 saturated heterocycles. The van der Waals surface area contributed by atoms with Gasteiger partial charge in [-0.05, 0) is 50.6 Å². The van der Waals surface area contributed by atoms with Crippen LogP contribution in [-0.2, 0) is 4.79 Å². The number of nitrogens with one attached hydrogen (secondary N) is 2. The Bertz CT molecular complexity index is 512. The van der Waals surface area contributed by atoms with Crippen molar-refractivity contribution in [1.82, 2.24) is 10.2 Å². The summed E-state index contributed by atoms with van der Waals surface area (Å²) in [6.07, 6.45) is 2.67. The number of hydrogen-bond donors (Lipinski definition) is 2. The molecule has 0 bridgehead atoms. The number of amides is 1. The molecule has 0 saturated carbocycles. The van der Waals surface area contributed by atoms with Gasteiger partial charge in [-0.15, -0.1) is 0 Å². The molecule has 2 aliphatic rings. The number of fused-ring (bicyclic) bond motifs is 1. The second-order valence-corrected chi connectivity index (χ2v) is 5.82. The summed E-state index contributed by atoms with van der Waals surface area (Å²) in [4.78, 5) is 13.9. The maximum Gasteiger partial charge on any atom is 0.262 e. The minimum absolute atomic E-state index is 0.0886. The number of anilines is 1. The number of carbonyl (C=O) groups excluding carboxylic acids is 1. The van der Waals surface area contributed by atoms with Gasteiger partial charge in [0.25, 0.3) is 5.91 Å². The van der Waals surface area contributed by atoms with Crippen LogP contribution >= 0.6 is 0 Å². The van der Waals surface area contributed by atoms with Gasteiger partial charge in [0, 0.05) is 19.1 Å². The molecule has 2 aliphatic heterocycles. The zero-order chi connectivity index (χ0) is 14.7. The van der Waals surface area contributed by atoms with Gasteiger partial charge >= 0.3 is 0 Å². The molecule has 0 aromatic heterocycles. The first-order valence-electron chi connectivity index (χ1n) is 7.75. The molecule has 2 N–H and O–H groups in total. The highest BCUT2D eigenvalue weighted by Gasteiger charge is 2.17. The molecule has 114 valence electrons. The van der Waals surface area contributed by atoms with E-state index in [0.717, 1.165) is 24.5 Å². The van der Waals surface area contributed by atoms with Crippen molar-refractivity contribution in [1.29, 1.82) is 0 Å². The normalized spacial score (nSPS) is 19.8. The van der Waals surface area contributed by atoms with Crippen LogP contribution in [0.5, 0.6) is 5.75 Å². The first kappa shape index (κ1) is 14.4. The molecule has 0 radical (unpaired) electrons. The lowest BCUT2D eigenvalue weighted by Crippen LogP contribution is -2.31. The summed E-state index contributed by atoms with van der Waals surface area (Å²) in [5.74, 6) is 0.664. The van der Waals surface area contributed by atoms with Crippen molar-refractivity contribution in [2.75, 3.05) is 38.1 Å². The van der Waals surface area contributed by atoms with Crippen LogP contribution in [0.1, 0.15) is 31.4 Å². The molecule has 5 heteroatoms. The minimum atomic E-state index is -0.0886. The van der Waals surface area contributed by atoms with E-state index in [9.17, 15) is 4.79 Å². The van der Waals surface area contributed by atoms with Crippen molar-refractivity contribution in [3.8, 4) is 5.75 Å². The Kier molecular flexibility index (Phi) is 4.41. The van der Waals surface area contributed by atoms with Crippen molar-refractivity contribution in [3.05, 3.63) is 23.8 Å². The van der Waals surface area contributed by atoms with Crippen molar-refractivity contribution >= 4 is 11.6 Å². The summed E-state index contributed by atoms with van der Waals surface area (Å²) in [5.41, 5.74) is 1.94. The number of nitrogens with zero attached hydrogens (tertiary/aromatic N) is 1. The van der Waals surface area contributed by atoms with Crippen LogP contribution in [0, 0.1) is 0 Å². The van der Waals surface area contributed by atoms with Crippen LogP contribution < -0.4 is 15.4 Å². The third kappa shape index (κ3) is 3.54. The molecule has 3 rings (SSSR count). The monoisotopic (exact) mass is 289 g/mol. The smallest absolute Gasteiger partial charge is 0.262 e. The highest BCUT2D eigenvalue weighted by atomic mass is 16.5. The Balaban J connectivity index is 1.55. The first-order valence-corrected chi connectivity index (χ1v) is 7.75. The van der Waals surface area contributed by atoms with Crippen LogP contribution in [-0.4, -0.2) is 43.6 Å². The van der Waals surface area contributed by atoms with Gasteiger partial charge in [-0.2, -0.15) is 0 Å². The summed E-state index contributed by atoms with van der Waals surface area (Å²) in [6.45, 7) is 6.82. The fraction of sp³-hybridized carbons (Fsp3) is 0.562. The zero-order valence-corrected chi connectivity index (χ0v) is 12.5. The van der Waals surface area contributed by atoms with Gasteiger partial charge < -0.3 is 20.3 Å². The number of benzene rings is 1. The highest BCUT2D eigenvalue weighted by molar-refractivity contribution is 5.95. The lowest BCUT2D eigenvalue weighted by molar-refractivity contribution is -0.118. The molecule has 1 fully saturated rings. The van der Waals surface area contributed by atoms with E-state index < -0.39 is 0 Å². The average molecular weight is 289 g/mol. The maximum absolute atomic E-state index is 11.4. The predicted octanol–water partition coefficient (Wildman–Crippen LogP) is 1.76. The predicted molar refractivity (Wildman–Crippen MR) is 82.7 cm³/mol. The molecule has 2 heterocycles. The molecule has 1 atom stereocenters. The van der Waals surface area contributed by atoms with Crippen LogP contribution in [0.25, 0.3) is 0 Å². The molecule has 1 aromatic carbocycles. The maximum atomic E-state index is 11.4. The molecule has 1 amide bonds. The highest BCUT2D eigenvalue weighted by Crippen LogP contribution is 2.30. The molecule has 0 spiro atoms. The molecule has 21 heavy (non-hydrogen) atoms. The third-order valence-corrected chi connectivity index (χ3v) is 4.21. The van der Waals surface area contributed by atoms with Crippen LogP contribution in [0.4, 0.5) is 5.69 Å². The van der Waals surface area contributed by atoms with E-state index in [2.05, 4.69) is 28.5 Å². The van der Waals surface area contributed by atoms with Gasteiger partial charge in [-0.3, -0.25) is 4.79 Å². The van der Waals surface area contributed by atoms with Gasteiger partial charge in [0.2, 0.25) is 0 Å². The fourth-order valence-electron chi connectivity index (χ4n) is 2.93. The summed E-state index contributed by atoms with van der Waals surface area (Å²) in [5, 5.41) is 6.40. The third-order valence-electron chi connectivity index (χ3n) is 4.21. The Morgan fingerprint density at radius 2 is 2.19 bits per heavy atom. The first-order chi connectivity index (χ1) is 10.2. The van der Waals surface area contributed by atoms with E-state index in [0.29, 0.717) is 0 Å². The number of carbonyl (C=O) groups is 1. The van der Waals surface area contributed by atoms with Gasteiger partial charge in [0.15, 0.2) is 6.61 Å². The fourth-order valence-corrected chi connectivity index (χ4v) is 2.93.